The first-order valence-electron chi connectivity index (χ1n) is 3.10. The molecule has 0 N–H and O–H groups in total. The Morgan fingerprint density at radius 2 is 2.15 bits per heavy atom. The fourth-order valence-corrected chi connectivity index (χ4v) is 0.817. The molecule has 0 spiro atoms. The largest absolute Gasteiger partial charge is 0.722 e. The van der Waals surface area contributed by atoms with Gasteiger partial charge in [0.15, 0.2) is 0 Å². The molecule has 0 unspecified atom stereocenters. The molecule has 0 radical (unpaired) electrons. The van der Waals surface area contributed by atoms with Gasteiger partial charge in [-0.05, 0) is 6.08 Å². The van der Waals surface area contributed by atoms with Crippen molar-refractivity contribution in [3.05, 3.63) is 12.3 Å². The van der Waals surface area contributed by atoms with Crippen LogP contribution in [0.3, 0.4) is 0 Å². The number of halogens is 2. The molecule has 0 atom stereocenters. The van der Waals surface area contributed by atoms with Crippen LogP contribution in [0.2, 0.25) is 0 Å². The minimum absolute atomic E-state index is 0.948. The van der Waals surface area contributed by atoms with Gasteiger partial charge in [0.25, 0.3) is 16.8 Å². The molecule has 0 saturated heterocycles. The summed E-state index contributed by atoms with van der Waals surface area (Å²) in [7, 11) is -3.45. The van der Waals surface area contributed by atoms with Gasteiger partial charge in [-0.1, -0.05) is 0 Å². The lowest BCUT2D eigenvalue weighted by molar-refractivity contribution is -0.288. The molecule has 1 rings (SSSR count). The molecule has 13 heavy (non-hydrogen) atoms. The van der Waals surface area contributed by atoms with Crippen LogP contribution in [0.5, 0.6) is 0 Å². The van der Waals surface area contributed by atoms with Crippen LogP contribution in [0.25, 0.3) is 0 Å². The van der Waals surface area contributed by atoms with Crippen LogP contribution >= 0.6 is 11.8 Å². The number of hydrogen-bond acceptors (Lipinski definition) is 4. The van der Waals surface area contributed by atoms with Crippen molar-refractivity contribution in [3.8, 4) is 0 Å². The molecule has 0 aromatic carbocycles. The van der Waals surface area contributed by atoms with Crippen molar-refractivity contribution >= 4 is 28.6 Å². The van der Waals surface area contributed by atoms with Crippen LogP contribution in [0, 0.1) is 0 Å². The van der Waals surface area contributed by atoms with Gasteiger partial charge in [-0.15, -0.1) is 7.98 Å². The summed E-state index contributed by atoms with van der Waals surface area (Å²) in [6.45, 7) is 0.948. The second-order valence-corrected chi connectivity index (χ2v) is 3.35. The van der Waals surface area contributed by atoms with E-state index in [1.807, 2.05) is 30.6 Å². The first-order chi connectivity index (χ1) is 5.79. The Morgan fingerprint density at radius 1 is 1.69 bits per heavy atom. The average Bonchev–Trinajstić information content (AvgIpc) is 1.81. The van der Waals surface area contributed by atoms with E-state index in [0.717, 1.165) is 6.54 Å². The third-order valence-electron chi connectivity index (χ3n) is 0.949. The minimum atomic E-state index is -5.42. The summed E-state index contributed by atoms with van der Waals surface area (Å²) < 4.78 is 36.8. The Balaban J connectivity index is 0.000000252. The summed E-state index contributed by atoms with van der Waals surface area (Å²) >= 11 is 5.56. The van der Waals surface area contributed by atoms with E-state index < -0.39 is 10.5 Å². The molecule has 1 heterocycles. The quantitative estimate of drug-likeness (QED) is 0.335. The number of rotatable bonds is 0. The Labute approximate surface area is 80.9 Å². The van der Waals surface area contributed by atoms with Crippen molar-refractivity contribution in [2.45, 2.75) is 0 Å². The Bertz CT molecular complexity index is 306. The van der Waals surface area contributed by atoms with Crippen LogP contribution in [-0.2, 0) is 10.5 Å². The third kappa shape index (κ3) is 11.3. The zero-order chi connectivity index (χ0) is 10.5. The smallest absolute Gasteiger partial charge is 0.256 e. The van der Waals surface area contributed by atoms with Crippen molar-refractivity contribution in [2.75, 3.05) is 13.6 Å². The fraction of sp³-hybridized carbons (Fsp3) is 0.400. The van der Waals surface area contributed by atoms with Crippen molar-refractivity contribution in [1.82, 2.24) is 4.90 Å². The molecule has 0 fully saturated rings. The maximum atomic E-state index is 10.1. The second-order valence-electron chi connectivity index (χ2n) is 2.18. The number of nitrogens with zero attached hydrogens (tertiary/aromatic N) is 2. The molecule has 0 aromatic rings. The van der Waals surface area contributed by atoms with E-state index in [9.17, 15) is 3.89 Å². The molecule has 5 nitrogen and oxygen atoms in total. The predicted molar refractivity (Wildman–Crippen MR) is 44.8 cm³/mol. The second kappa shape index (κ2) is 5.15. The average molecular weight is 231 g/mol. The first-order valence-corrected chi connectivity index (χ1v) is 4.75. The van der Waals surface area contributed by atoms with E-state index in [0.29, 0.717) is 0 Å². The third-order valence-corrected chi connectivity index (χ3v) is 1.15. The molecular formula is C5H8ClFN2O3S. The number of hydrogen-bond donors (Lipinski definition) is 0. The van der Waals surface area contributed by atoms with Crippen molar-refractivity contribution in [1.29, 1.82) is 0 Å². The molecule has 1 aliphatic rings. The molecular weight excluding hydrogens is 223 g/mol. The maximum Gasteiger partial charge on any atom is 0.256 e. The van der Waals surface area contributed by atoms with Crippen LogP contribution in [0.4, 0.5) is 3.89 Å². The van der Waals surface area contributed by atoms with E-state index in [-0.39, 0.29) is 0 Å². The topological polar surface area (TPSA) is 63.5 Å². The fourth-order valence-electron chi connectivity index (χ4n) is 0.588. The van der Waals surface area contributed by atoms with Gasteiger partial charge in [0.2, 0.25) is 0 Å². The van der Waals surface area contributed by atoms with E-state index in [2.05, 4.69) is 0 Å². The monoisotopic (exact) mass is 230 g/mol. The van der Waals surface area contributed by atoms with Crippen LogP contribution in [-0.4, -0.2) is 41.9 Å². The molecule has 0 amide bonds. The standard InChI is InChI=1S/C5H8ClN2.FHO3S/c1-7-3-2-4-8(6)5-7;1-5(2,3)4/h2,4-5H,3H2,1H3;(H,2,3,4)/q+1;/p-1. The lowest BCUT2D eigenvalue weighted by Gasteiger charge is -2.05. The highest BCUT2D eigenvalue weighted by Crippen LogP contribution is 1.91. The summed E-state index contributed by atoms with van der Waals surface area (Å²) in [5.74, 6) is 0. The summed E-state index contributed by atoms with van der Waals surface area (Å²) in [5.41, 5.74) is 0. The van der Waals surface area contributed by atoms with Gasteiger partial charge >= 0.3 is 0 Å². The molecule has 8 heteroatoms. The SMILES string of the molecule is CN1C=[N+](Cl)C=CC1.O=S(=O)([O-])F. The Morgan fingerprint density at radius 3 is 2.38 bits per heavy atom. The van der Waals surface area contributed by atoms with E-state index >= 15 is 0 Å². The Hall–Kier alpha value is -0.660. The summed E-state index contributed by atoms with van der Waals surface area (Å²) in [5, 5.41) is 0. The predicted octanol–water partition coefficient (Wildman–Crippen LogP) is 0.0562. The minimum Gasteiger partial charge on any atom is -0.722 e. The van der Waals surface area contributed by atoms with Gasteiger partial charge in [0.1, 0.15) is 24.5 Å². The highest BCUT2D eigenvalue weighted by Gasteiger charge is 2.02. The van der Waals surface area contributed by atoms with Gasteiger partial charge in [-0.3, -0.25) is 4.90 Å². The van der Waals surface area contributed by atoms with Gasteiger partial charge in [0.05, 0.1) is 7.05 Å². The van der Waals surface area contributed by atoms with Crippen molar-refractivity contribution in [3.63, 3.8) is 0 Å². The van der Waals surface area contributed by atoms with Gasteiger partial charge in [-0.2, -0.15) is 0 Å². The molecule has 0 bridgehead atoms. The normalized spacial score (nSPS) is 16.0. The lowest BCUT2D eigenvalue weighted by Crippen LogP contribution is -2.22. The van der Waals surface area contributed by atoms with Crippen LogP contribution < -0.4 is 0 Å². The summed E-state index contributed by atoms with van der Waals surface area (Å²) in [6.07, 6.45) is 5.64. The van der Waals surface area contributed by atoms with E-state index in [1.165, 1.54) is 4.09 Å². The van der Waals surface area contributed by atoms with Crippen LogP contribution in [0.15, 0.2) is 12.3 Å². The highest BCUT2D eigenvalue weighted by atomic mass is 35.5. The van der Waals surface area contributed by atoms with Gasteiger partial charge in [0, 0.05) is 0 Å². The first kappa shape index (κ1) is 12.3. The van der Waals surface area contributed by atoms with Crippen molar-refractivity contribution in [2.24, 2.45) is 0 Å². The molecule has 0 saturated carbocycles. The zero-order valence-electron chi connectivity index (χ0n) is 6.72. The van der Waals surface area contributed by atoms with E-state index in [1.54, 1.807) is 0 Å². The molecule has 0 aliphatic carbocycles. The highest BCUT2D eigenvalue weighted by molar-refractivity contribution is 7.80. The van der Waals surface area contributed by atoms with Crippen molar-refractivity contribution < 1.29 is 21.0 Å². The van der Waals surface area contributed by atoms with Crippen LogP contribution in [0.1, 0.15) is 0 Å². The molecule has 0 aromatic heterocycles. The lowest BCUT2D eigenvalue weighted by atomic mass is 10.5. The summed E-state index contributed by atoms with van der Waals surface area (Å²) in [6, 6.07) is 0. The zero-order valence-corrected chi connectivity index (χ0v) is 8.29. The maximum absolute atomic E-state index is 10.1. The van der Waals surface area contributed by atoms with E-state index in [4.69, 9.17) is 24.7 Å². The number of likely N-dealkylation sites (N-methyl/N-ethyl adjacent to an activating group) is 1. The van der Waals surface area contributed by atoms with Gasteiger partial charge < -0.3 is 4.55 Å². The summed E-state index contributed by atoms with van der Waals surface area (Å²) in [4.78, 5) is 1.99. The molecule has 1 aliphatic heterocycles. The Kier molecular flexibility index (Phi) is 4.89. The molecule has 76 valence electrons. The van der Waals surface area contributed by atoms with Gasteiger partial charge in [-0.25, -0.2) is 8.42 Å².